The highest BCUT2D eigenvalue weighted by Crippen LogP contribution is 2.37. The van der Waals surface area contributed by atoms with Crippen molar-refractivity contribution in [3.05, 3.63) is 23.8 Å². The van der Waals surface area contributed by atoms with E-state index in [2.05, 4.69) is 27.7 Å². The SMILES string of the molecule is CCCCOc1c(O)cccc1C(C)(C)C. The monoisotopic (exact) mass is 222 g/mol. The lowest BCUT2D eigenvalue weighted by atomic mass is 9.86. The maximum absolute atomic E-state index is 9.83. The fraction of sp³-hybridized carbons (Fsp3) is 0.571. The van der Waals surface area contributed by atoms with Crippen molar-refractivity contribution in [2.45, 2.75) is 46.0 Å². The van der Waals surface area contributed by atoms with E-state index in [9.17, 15) is 5.11 Å². The molecule has 0 amide bonds. The van der Waals surface area contributed by atoms with Gasteiger partial charge in [0.2, 0.25) is 0 Å². The summed E-state index contributed by atoms with van der Waals surface area (Å²) in [6.45, 7) is 9.15. The molecule has 0 atom stereocenters. The Hall–Kier alpha value is -1.18. The molecule has 0 saturated carbocycles. The second-order valence-electron chi connectivity index (χ2n) is 5.11. The van der Waals surface area contributed by atoms with Crippen molar-refractivity contribution in [1.82, 2.24) is 0 Å². The van der Waals surface area contributed by atoms with Crippen LogP contribution in [0.5, 0.6) is 11.5 Å². The van der Waals surface area contributed by atoms with E-state index in [1.165, 1.54) is 0 Å². The van der Waals surface area contributed by atoms with Gasteiger partial charge >= 0.3 is 0 Å². The summed E-state index contributed by atoms with van der Waals surface area (Å²) in [5, 5.41) is 9.83. The van der Waals surface area contributed by atoms with Gasteiger partial charge in [-0.15, -0.1) is 0 Å². The van der Waals surface area contributed by atoms with Crippen molar-refractivity contribution < 1.29 is 9.84 Å². The molecule has 0 saturated heterocycles. The molecule has 0 aromatic heterocycles. The molecule has 1 rings (SSSR count). The molecule has 0 fully saturated rings. The molecule has 0 heterocycles. The van der Waals surface area contributed by atoms with Gasteiger partial charge in [-0.3, -0.25) is 0 Å². The number of para-hydroxylation sites is 1. The number of ether oxygens (including phenoxy) is 1. The topological polar surface area (TPSA) is 29.5 Å². The molecule has 1 N–H and O–H groups in total. The minimum atomic E-state index is -0.0136. The predicted octanol–water partition coefficient (Wildman–Crippen LogP) is 3.87. The van der Waals surface area contributed by atoms with E-state index in [1.54, 1.807) is 6.07 Å². The van der Waals surface area contributed by atoms with Crippen molar-refractivity contribution in [3.63, 3.8) is 0 Å². The number of rotatable bonds is 4. The van der Waals surface area contributed by atoms with Crippen LogP contribution in [0.25, 0.3) is 0 Å². The Morgan fingerprint density at radius 3 is 2.50 bits per heavy atom. The summed E-state index contributed by atoms with van der Waals surface area (Å²) in [6, 6.07) is 5.56. The van der Waals surface area contributed by atoms with Crippen LogP contribution in [0.1, 0.15) is 46.1 Å². The molecule has 0 aliphatic heterocycles. The summed E-state index contributed by atoms with van der Waals surface area (Å²) < 4.78 is 5.68. The Labute approximate surface area is 98.3 Å². The van der Waals surface area contributed by atoms with Crippen LogP contribution in [0.15, 0.2) is 18.2 Å². The van der Waals surface area contributed by atoms with E-state index in [4.69, 9.17) is 4.74 Å². The quantitative estimate of drug-likeness (QED) is 0.784. The molecule has 2 nitrogen and oxygen atoms in total. The number of unbranched alkanes of at least 4 members (excludes halogenated alkanes) is 1. The molecular formula is C14H22O2. The molecular weight excluding hydrogens is 200 g/mol. The van der Waals surface area contributed by atoms with Crippen LogP contribution >= 0.6 is 0 Å². The summed E-state index contributed by atoms with van der Waals surface area (Å²) in [7, 11) is 0. The van der Waals surface area contributed by atoms with Gasteiger partial charge in [-0.25, -0.2) is 0 Å². The van der Waals surface area contributed by atoms with Crippen LogP contribution in [0.3, 0.4) is 0 Å². The molecule has 0 bridgehead atoms. The first-order valence-corrected chi connectivity index (χ1v) is 5.92. The number of hydrogen-bond donors (Lipinski definition) is 1. The highest BCUT2D eigenvalue weighted by molar-refractivity contribution is 5.48. The minimum absolute atomic E-state index is 0.0136. The average molecular weight is 222 g/mol. The molecule has 0 aliphatic rings. The Morgan fingerprint density at radius 1 is 1.25 bits per heavy atom. The van der Waals surface area contributed by atoms with Crippen molar-refractivity contribution >= 4 is 0 Å². The summed E-state index contributed by atoms with van der Waals surface area (Å²) in [5.41, 5.74) is 1.05. The highest BCUT2D eigenvalue weighted by Gasteiger charge is 2.21. The average Bonchev–Trinajstić information content (AvgIpc) is 2.19. The molecule has 0 radical (unpaired) electrons. The fourth-order valence-electron chi connectivity index (χ4n) is 1.59. The van der Waals surface area contributed by atoms with E-state index in [0.29, 0.717) is 12.4 Å². The molecule has 90 valence electrons. The second kappa shape index (κ2) is 5.24. The number of phenolic OH excluding ortho intramolecular Hbond substituents is 1. The van der Waals surface area contributed by atoms with Gasteiger partial charge in [0, 0.05) is 5.56 Å². The van der Waals surface area contributed by atoms with Crippen LogP contribution in [-0.4, -0.2) is 11.7 Å². The second-order valence-corrected chi connectivity index (χ2v) is 5.11. The Bertz CT molecular complexity index is 337. The summed E-state index contributed by atoms with van der Waals surface area (Å²) in [5.74, 6) is 0.881. The zero-order chi connectivity index (χ0) is 12.2. The summed E-state index contributed by atoms with van der Waals surface area (Å²) >= 11 is 0. The van der Waals surface area contributed by atoms with Gasteiger partial charge < -0.3 is 9.84 Å². The maximum Gasteiger partial charge on any atom is 0.164 e. The van der Waals surface area contributed by atoms with E-state index >= 15 is 0 Å². The zero-order valence-corrected chi connectivity index (χ0v) is 10.7. The third-order valence-electron chi connectivity index (χ3n) is 2.55. The number of aromatic hydroxyl groups is 1. The first-order valence-electron chi connectivity index (χ1n) is 5.92. The summed E-state index contributed by atoms with van der Waals surface area (Å²) in [6.07, 6.45) is 2.11. The molecule has 0 unspecified atom stereocenters. The third kappa shape index (κ3) is 3.16. The summed E-state index contributed by atoms with van der Waals surface area (Å²) in [4.78, 5) is 0. The van der Waals surface area contributed by atoms with Crippen LogP contribution in [-0.2, 0) is 5.41 Å². The molecule has 1 aromatic rings. The highest BCUT2D eigenvalue weighted by atomic mass is 16.5. The van der Waals surface area contributed by atoms with Gasteiger partial charge in [-0.2, -0.15) is 0 Å². The van der Waals surface area contributed by atoms with Gasteiger partial charge in [-0.05, 0) is 17.9 Å². The largest absolute Gasteiger partial charge is 0.504 e. The maximum atomic E-state index is 9.83. The molecule has 2 heteroatoms. The molecule has 0 spiro atoms. The smallest absolute Gasteiger partial charge is 0.164 e. The van der Waals surface area contributed by atoms with Crippen LogP contribution < -0.4 is 4.74 Å². The Morgan fingerprint density at radius 2 is 1.94 bits per heavy atom. The van der Waals surface area contributed by atoms with Crippen molar-refractivity contribution in [3.8, 4) is 11.5 Å². The van der Waals surface area contributed by atoms with Gasteiger partial charge in [0.05, 0.1) is 6.61 Å². The minimum Gasteiger partial charge on any atom is -0.504 e. The Balaban J connectivity index is 2.95. The first kappa shape index (κ1) is 12.9. The zero-order valence-electron chi connectivity index (χ0n) is 10.7. The van der Waals surface area contributed by atoms with E-state index < -0.39 is 0 Å². The lowest BCUT2D eigenvalue weighted by Gasteiger charge is -2.23. The van der Waals surface area contributed by atoms with Crippen molar-refractivity contribution in [2.24, 2.45) is 0 Å². The normalized spacial score (nSPS) is 11.5. The number of hydrogen-bond acceptors (Lipinski definition) is 2. The van der Waals surface area contributed by atoms with Crippen molar-refractivity contribution in [2.75, 3.05) is 6.61 Å². The van der Waals surface area contributed by atoms with Crippen LogP contribution in [0.4, 0.5) is 0 Å². The van der Waals surface area contributed by atoms with Crippen LogP contribution in [0, 0.1) is 0 Å². The fourth-order valence-corrected chi connectivity index (χ4v) is 1.59. The first-order chi connectivity index (χ1) is 7.46. The lowest BCUT2D eigenvalue weighted by molar-refractivity contribution is 0.285. The van der Waals surface area contributed by atoms with Crippen LogP contribution in [0.2, 0.25) is 0 Å². The van der Waals surface area contributed by atoms with E-state index in [0.717, 1.165) is 18.4 Å². The predicted molar refractivity (Wildman–Crippen MR) is 67.2 cm³/mol. The van der Waals surface area contributed by atoms with E-state index in [1.807, 2.05) is 12.1 Å². The van der Waals surface area contributed by atoms with Gasteiger partial charge in [0.15, 0.2) is 11.5 Å². The molecule has 16 heavy (non-hydrogen) atoms. The van der Waals surface area contributed by atoms with Gasteiger partial charge in [-0.1, -0.05) is 46.2 Å². The van der Waals surface area contributed by atoms with Gasteiger partial charge in [0.25, 0.3) is 0 Å². The van der Waals surface area contributed by atoms with Gasteiger partial charge in [0.1, 0.15) is 0 Å². The van der Waals surface area contributed by atoms with E-state index in [-0.39, 0.29) is 11.2 Å². The number of benzene rings is 1. The lowest BCUT2D eigenvalue weighted by Crippen LogP contribution is -2.13. The molecule has 0 aliphatic carbocycles. The number of phenols is 1. The third-order valence-corrected chi connectivity index (χ3v) is 2.55. The van der Waals surface area contributed by atoms with Crippen molar-refractivity contribution in [1.29, 1.82) is 0 Å². The molecule has 1 aromatic carbocycles. The standard InChI is InChI=1S/C14H22O2/c1-5-6-10-16-13-11(14(2,3)4)8-7-9-12(13)15/h7-9,15H,5-6,10H2,1-4H3. The Kier molecular flexibility index (Phi) is 4.22.